The van der Waals surface area contributed by atoms with Crippen LogP contribution in [-0.2, 0) is 28.2 Å². The molecule has 3 aromatic rings. The summed E-state index contributed by atoms with van der Waals surface area (Å²) in [5, 5.41) is 7.49. The van der Waals surface area contributed by atoms with Gasteiger partial charge in [0.25, 0.3) is 0 Å². The van der Waals surface area contributed by atoms with Crippen molar-refractivity contribution in [2.75, 3.05) is 13.3 Å². The number of alkyl halides is 4. The van der Waals surface area contributed by atoms with Gasteiger partial charge >= 0.3 is 6.18 Å². The molecule has 1 atom stereocenters. The fourth-order valence-electron chi connectivity index (χ4n) is 4.02. The minimum atomic E-state index is -4.52. The van der Waals surface area contributed by atoms with Gasteiger partial charge in [-0.25, -0.2) is 8.42 Å². The van der Waals surface area contributed by atoms with Crippen LogP contribution in [0.1, 0.15) is 40.3 Å². The van der Waals surface area contributed by atoms with Gasteiger partial charge in [0.1, 0.15) is 5.75 Å². The van der Waals surface area contributed by atoms with Crippen LogP contribution in [0.2, 0.25) is 0 Å². The summed E-state index contributed by atoms with van der Waals surface area (Å²) >= 11 is 0. The lowest BCUT2D eigenvalue weighted by molar-refractivity contribution is -0.137. The van der Waals surface area contributed by atoms with E-state index >= 15 is 0 Å². The molecule has 0 radical (unpaired) electrons. The fourth-order valence-corrected chi connectivity index (χ4v) is 5.29. The molecule has 33 heavy (non-hydrogen) atoms. The van der Waals surface area contributed by atoms with Crippen molar-refractivity contribution in [2.45, 2.75) is 35.6 Å². The van der Waals surface area contributed by atoms with Crippen molar-refractivity contribution in [3.63, 3.8) is 0 Å². The number of benzene rings is 2. The Balaban J connectivity index is 1.69. The van der Waals surface area contributed by atoms with E-state index < -0.39 is 28.3 Å². The molecular formula is C23H20F4N2O3S. The van der Waals surface area contributed by atoms with Gasteiger partial charge in [0.15, 0.2) is 9.84 Å². The Hall–Kier alpha value is -3.01. The summed E-state index contributed by atoms with van der Waals surface area (Å²) in [6.07, 6.45) is -2.75. The van der Waals surface area contributed by atoms with Crippen LogP contribution in [0, 0.1) is 0 Å². The Labute approximate surface area is 188 Å². The molecule has 0 amide bonds. The molecule has 0 fully saturated rings. The second kappa shape index (κ2) is 9.09. The van der Waals surface area contributed by atoms with Gasteiger partial charge < -0.3 is 4.74 Å². The lowest BCUT2D eigenvalue weighted by atomic mass is 9.83. The molecule has 0 spiro atoms. The summed E-state index contributed by atoms with van der Waals surface area (Å²) in [5.74, 6) is -0.324. The number of hydrogen-bond acceptors (Lipinski definition) is 5. The molecule has 1 aromatic heterocycles. The lowest BCUT2D eigenvalue weighted by Crippen LogP contribution is -2.18. The van der Waals surface area contributed by atoms with Crippen molar-refractivity contribution in [3.8, 4) is 5.75 Å². The van der Waals surface area contributed by atoms with E-state index in [2.05, 4.69) is 10.2 Å². The number of aromatic nitrogens is 2. The summed E-state index contributed by atoms with van der Waals surface area (Å²) in [6, 6.07) is 11.0. The van der Waals surface area contributed by atoms with Gasteiger partial charge in [-0.15, -0.1) is 0 Å². The highest BCUT2D eigenvalue weighted by molar-refractivity contribution is 7.90. The van der Waals surface area contributed by atoms with E-state index in [0.29, 0.717) is 29.0 Å². The minimum Gasteiger partial charge on any atom is -0.493 e. The molecule has 0 bridgehead atoms. The van der Waals surface area contributed by atoms with Crippen LogP contribution in [0.15, 0.2) is 59.6 Å². The smallest absolute Gasteiger partial charge is 0.416 e. The van der Waals surface area contributed by atoms with Crippen molar-refractivity contribution >= 4 is 9.84 Å². The fraction of sp³-hybridized carbons (Fsp3) is 0.304. The molecule has 0 unspecified atom stereocenters. The quantitative estimate of drug-likeness (QED) is 0.470. The molecule has 0 aliphatic carbocycles. The summed E-state index contributed by atoms with van der Waals surface area (Å²) < 4.78 is 84.0. The molecule has 0 saturated carbocycles. The predicted octanol–water partition coefficient (Wildman–Crippen LogP) is 4.90. The second-order valence-electron chi connectivity index (χ2n) is 7.71. The zero-order valence-corrected chi connectivity index (χ0v) is 18.2. The Bertz CT molecular complexity index is 1250. The summed E-state index contributed by atoms with van der Waals surface area (Å²) in [6.45, 7) is -0.536. The van der Waals surface area contributed by atoms with Crippen LogP contribution in [0.5, 0.6) is 5.75 Å². The first kappa shape index (κ1) is 23.2. The summed E-state index contributed by atoms with van der Waals surface area (Å²) in [4.78, 5) is 0.0453. The molecule has 5 nitrogen and oxygen atoms in total. The molecule has 174 valence electrons. The molecule has 10 heteroatoms. The zero-order chi connectivity index (χ0) is 23.6. The Kier molecular flexibility index (Phi) is 6.38. The molecule has 2 aromatic carbocycles. The third kappa shape index (κ3) is 5.00. The van der Waals surface area contributed by atoms with Crippen LogP contribution >= 0.6 is 0 Å². The van der Waals surface area contributed by atoms with Crippen molar-refractivity contribution in [2.24, 2.45) is 0 Å². The van der Waals surface area contributed by atoms with Gasteiger partial charge in [-0.05, 0) is 53.9 Å². The van der Waals surface area contributed by atoms with Crippen LogP contribution in [0.3, 0.4) is 0 Å². The van der Waals surface area contributed by atoms with E-state index in [1.807, 2.05) is 0 Å². The normalized spacial score (nSPS) is 16.2. The lowest BCUT2D eigenvalue weighted by Gasteiger charge is -2.28. The maximum Gasteiger partial charge on any atom is 0.416 e. The maximum atomic E-state index is 13.2. The van der Waals surface area contributed by atoms with E-state index in [1.54, 1.807) is 18.2 Å². The maximum absolute atomic E-state index is 13.2. The standard InChI is InChI=1S/C23H20F4N2O3S/c24-9-7-15-12-16(23(25,26)27)3-5-19(15)20-8-11-32-22-13-18(4-6-21(20)22)33(30,31)14-17-2-1-10-28-29-17/h1-6,10,12-13,20H,7-9,11,14H2/t20-/m1/s1. The third-order valence-corrected chi connectivity index (χ3v) is 7.21. The predicted molar refractivity (Wildman–Crippen MR) is 112 cm³/mol. The highest BCUT2D eigenvalue weighted by Gasteiger charge is 2.33. The number of hydrogen-bond donors (Lipinski definition) is 0. The number of ether oxygens (including phenoxy) is 1. The van der Waals surface area contributed by atoms with Crippen molar-refractivity contribution in [1.82, 2.24) is 10.2 Å². The first-order valence-electron chi connectivity index (χ1n) is 10.2. The molecule has 1 aliphatic heterocycles. The second-order valence-corrected chi connectivity index (χ2v) is 9.70. The first-order chi connectivity index (χ1) is 15.7. The van der Waals surface area contributed by atoms with E-state index in [-0.39, 0.29) is 35.2 Å². The molecular weight excluding hydrogens is 460 g/mol. The Morgan fingerprint density at radius 3 is 2.55 bits per heavy atom. The SMILES string of the molecule is O=S(=O)(Cc1cccnn1)c1ccc2c(c1)OCC[C@@H]2c1ccc(C(F)(F)F)cc1CCF. The molecule has 0 saturated heterocycles. The van der Waals surface area contributed by atoms with Gasteiger partial charge in [-0.3, -0.25) is 4.39 Å². The molecule has 4 rings (SSSR count). The average Bonchev–Trinajstić information content (AvgIpc) is 2.78. The van der Waals surface area contributed by atoms with Crippen LogP contribution in [0.25, 0.3) is 0 Å². The van der Waals surface area contributed by atoms with Gasteiger partial charge in [0.05, 0.1) is 35.2 Å². The summed E-state index contributed by atoms with van der Waals surface area (Å²) in [7, 11) is -3.72. The zero-order valence-electron chi connectivity index (χ0n) is 17.3. The van der Waals surface area contributed by atoms with E-state index in [1.165, 1.54) is 24.4 Å². The highest BCUT2D eigenvalue weighted by atomic mass is 32.2. The first-order valence-corrected chi connectivity index (χ1v) is 11.9. The van der Waals surface area contributed by atoms with E-state index in [4.69, 9.17) is 4.74 Å². The Morgan fingerprint density at radius 1 is 1.06 bits per heavy atom. The van der Waals surface area contributed by atoms with E-state index in [9.17, 15) is 26.0 Å². The van der Waals surface area contributed by atoms with Gasteiger partial charge in [0, 0.05) is 24.1 Å². The molecule has 0 N–H and O–H groups in total. The Morgan fingerprint density at radius 2 is 1.85 bits per heavy atom. The van der Waals surface area contributed by atoms with Crippen LogP contribution in [0.4, 0.5) is 17.6 Å². The minimum absolute atomic E-state index is 0.0453. The summed E-state index contributed by atoms with van der Waals surface area (Å²) in [5.41, 5.74) is 0.992. The van der Waals surface area contributed by atoms with Crippen molar-refractivity contribution in [3.05, 3.63) is 82.7 Å². The largest absolute Gasteiger partial charge is 0.493 e. The van der Waals surface area contributed by atoms with Gasteiger partial charge in [-0.1, -0.05) is 12.1 Å². The monoisotopic (exact) mass is 480 g/mol. The number of aryl methyl sites for hydroxylation is 1. The number of nitrogens with zero attached hydrogens (tertiary/aromatic N) is 2. The van der Waals surface area contributed by atoms with Crippen molar-refractivity contribution < 1.29 is 30.7 Å². The highest BCUT2D eigenvalue weighted by Crippen LogP contribution is 2.42. The number of sulfone groups is 1. The van der Waals surface area contributed by atoms with Crippen molar-refractivity contribution in [1.29, 1.82) is 0 Å². The number of halogens is 4. The molecule has 1 aliphatic rings. The van der Waals surface area contributed by atoms with E-state index in [0.717, 1.165) is 12.1 Å². The van der Waals surface area contributed by atoms with Gasteiger partial charge in [0.2, 0.25) is 0 Å². The molecule has 2 heterocycles. The topological polar surface area (TPSA) is 69.2 Å². The average molecular weight is 480 g/mol. The number of fused-ring (bicyclic) bond motifs is 1. The van der Waals surface area contributed by atoms with Crippen LogP contribution in [-0.4, -0.2) is 31.9 Å². The third-order valence-electron chi connectivity index (χ3n) is 5.56. The van der Waals surface area contributed by atoms with Crippen LogP contribution < -0.4 is 4.74 Å². The van der Waals surface area contributed by atoms with Gasteiger partial charge in [-0.2, -0.15) is 23.4 Å². The number of rotatable bonds is 6.